The van der Waals surface area contributed by atoms with Gasteiger partial charge in [-0.15, -0.1) is 0 Å². The Hall–Kier alpha value is -9.66. The summed E-state index contributed by atoms with van der Waals surface area (Å²) in [4.78, 5) is 57.8. The molecule has 0 saturated heterocycles. The van der Waals surface area contributed by atoms with Crippen LogP contribution in [0.15, 0.2) is 190 Å². The van der Waals surface area contributed by atoms with Crippen LogP contribution in [-0.4, -0.2) is 86.7 Å². The van der Waals surface area contributed by atoms with Gasteiger partial charge in [-0.3, -0.25) is 0 Å². The average Bonchev–Trinajstić information content (AvgIpc) is 0.751. The number of carbonyl (C=O) groups excluding carboxylic acids is 4. The van der Waals surface area contributed by atoms with E-state index in [9.17, 15) is 19.2 Å². The van der Waals surface area contributed by atoms with Crippen molar-refractivity contribution in [3.63, 3.8) is 0 Å². The Morgan fingerprint density at radius 2 is 0.800 bits per heavy atom. The van der Waals surface area contributed by atoms with Gasteiger partial charge in [0.1, 0.15) is 36.2 Å². The van der Waals surface area contributed by atoms with Gasteiger partial charge in [0.05, 0.1) is 67.3 Å². The highest BCUT2D eigenvalue weighted by Crippen LogP contribution is 2.37. The fourth-order valence-corrected chi connectivity index (χ4v) is 10.5. The second-order valence-corrected chi connectivity index (χ2v) is 21.9. The van der Waals surface area contributed by atoms with E-state index in [2.05, 4.69) is 80.4 Å². The van der Waals surface area contributed by atoms with E-state index < -0.39 is 11.9 Å². The first kappa shape index (κ1) is 64.8. The number of esters is 4. The first-order valence-electron chi connectivity index (χ1n) is 31.2. The Labute approximate surface area is 526 Å². The monoisotopic (exact) mass is 1210 g/mol. The van der Waals surface area contributed by atoms with Crippen LogP contribution in [0.2, 0.25) is 0 Å². The van der Waals surface area contributed by atoms with Gasteiger partial charge in [-0.1, -0.05) is 112 Å². The smallest absolute Gasteiger partial charge is 0.343 e. The minimum absolute atomic E-state index is 0.145. The van der Waals surface area contributed by atoms with Gasteiger partial charge in [0.2, 0.25) is 0 Å². The van der Waals surface area contributed by atoms with Crippen molar-refractivity contribution in [1.29, 1.82) is 0 Å². The third-order valence-electron chi connectivity index (χ3n) is 15.4. The van der Waals surface area contributed by atoms with E-state index in [1.807, 2.05) is 66.7 Å². The molecule has 0 aliphatic heterocycles. The van der Waals surface area contributed by atoms with Crippen LogP contribution in [0, 0.1) is 0 Å². The number of fused-ring (bicyclic) bond motifs is 7. The number of aromatic nitrogens is 2. The van der Waals surface area contributed by atoms with Crippen molar-refractivity contribution in [2.75, 3.05) is 52.9 Å². The molecule has 0 amide bonds. The molecule has 0 unspecified atom stereocenters. The van der Waals surface area contributed by atoms with Crippen molar-refractivity contribution < 1.29 is 57.1 Å². The quantitative estimate of drug-likeness (QED) is 0.00686. The van der Waals surface area contributed by atoms with Crippen LogP contribution in [0.4, 0.5) is 0 Å². The molecule has 14 heteroatoms. The molecule has 14 nitrogen and oxygen atoms in total. The highest BCUT2D eigenvalue weighted by molar-refractivity contribution is 6.24. The van der Waals surface area contributed by atoms with Crippen molar-refractivity contribution >= 4 is 67.5 Å². The molecule has 1 aromatic heterocycles. The van der Waals surface area contributed by atoms with Crippen molar-refractivity contribution in [1.82, 2.24) is 9.97 Å². The molecule has 0 saturated carbocycles. The van der Waals surface area contributed by atoms with Gasteiger partial charge in [-0.2, -0.15) is 0 Å². The fraction of sp³-hybridized carbons (Fsp3) is 0.289. The van der Waals surface area contributed by atoms with Gasteiger partial charge < -0.3 is 37.9 Å². The summed E-state index contributed by atoms with van der Waals surface area (Å²) >= 11 is 0. The van der Waals surface area contributed by atoms with E-state index in [0.717, 1.165) is 168 Å². The third-order valence-corrected chi connectivity index (χ3v) is 15.4. The zero-order chi connectivity index (χ0) is 62.7. The maximum Gasteiger partial charge on any atom is 0.343 e. The zero-order valence-electron chi connectivity index (χ0n) is 51.1. The number of hydrogen-bond donors (Lipinski definition) is 0. The van der Waals surface area contributed by atoms with Crippen LogP contribution in [-0.2, 0) is 59.0 Å². The Morgan fingerprint density at radius 3 is 1.36 bits per heavy atom. The number of nitrogens with zero attached hydrogens (tertiary/aromatic N) is 2. The predicted octanol–water partition coefficient (Wildman–Crippen LogP) is 15.8. The van der Waals surface area contributed by atoms with Crippen LogP contribution < -0.4 is 18.9 Å². The second kappa shape index (κ2) is 34.2. The number of hydrogen-bond acceptors (Lipinski definition) is 14. The molecule has 0 aliphatic carbocycles. The van der Waals surface area contributed by atoms with Gasteiger partial charge in [0.25, 0.3) is 0 Å². The van der Waals surface area contributed by atoms with E-state index >= 15 is 0 Å². The van der Waals surface area contributed by atoms with Crippen LogP contribution in [0.1, 0.15) is 96.8 Å². The normalized spacial score (nSPS) is 11.1. The zero-order valence-corrected chi connectivity index (χ0v) is 51.1. The fourth-order valence-electron chi connectivity index (χ4n) is 10.5. The van der Waals surface area contributed by atoms with Crippen LogP contribution in [0.5, 0.6) is 23.0 Å². The predicted molar refractivity (Wildman–Crippen MR) is 354 cm³/mol. The third kappa shape index (κ3) is 19.4. The molecule has 0 aliphatic rings. The lowest BCUT2D eigenvalue weighted by Crippen LogP contribution is -2.12. The van der Waals surface area contributed by atoms with Crippen LogP contribution in [0.3, 0.4) is 0 Å². The van der Waals surface area contributed by atoms with Crippen LogP contribution in [0.25, 0.3) is 54.7 Å². The summed E-state index contributed by atoms with van der Waals surface area (Å²) in [6, 6.07) is 50.7. The lowest BCUT2D eigenvalue weighted by Gasteiger charge is -2.14. The Kier molecular flexibility index (Phi) is 24.6. The highest BCUT2D eigenvalue weighted by atomic mass is 16.6. The molecular weight excluding hydrogens is 1130 g/mol. The number of benzene rings is 8. The first-order chi connectivity index (χ1) is 44.1. The summed E-state index contributed by atoms with van der Waals surface area (Å²) in [5.41, 5.74) is 10.3. The largest absolute Gasteiger partial charge is 0.494 e. The summed E-state index contributed by atoms with van der Waals surface area (Å²) in [5, 5.41) is 4.29. The number of rotatable bonds is 37. The highest BCUT2D eigenvalue weighted by Gasteiger charge is 2.17. The summed E-state index contributed by atoms with van der Waals surface area (Å²) in [5.74, 6) is 1.04. The molecule has 1 heterocycles. The minimum Gasteiger partial charge on any atom is -0.494 e. The maximum absolute atomic E-state index is 13.2. The van der Waals surface area contributed by atoms with Crippen LogP contribution >= 0.6 is 0 Å². The second-order valence-electron chi connectivity index (χ2n) is 21.9. The van der Waals surface area contributed by atoms with Gasteiger partial charge in [0.15, 0.2) is 0 Å². The van der Waals surface area contributed by atoms with E-state index in [1.54, 1.807) is 24.3 Å². The average molecular weight is 1210 g/mol. The standard InChI is InChI=1S/C76H78N2O12/c1-4-71(79)87-44-15-10-8-7-9-13-42-85-62-37-30-58(31-38-62)76(82)90-63-35-26-55(27-36-63)21-23-57-29-40-66-65-39-28-56(22-20-54-24-33-61(34-25-54)84-43-14-11-12-16-45-88-72(80)5-2)50-67(65)74-75(68(66)51-57)78-70-53-60(32-41-69(70)77-74)59-18-17-19-64(52-59)86-48-46-83-47-49-89-73(81)6-3/h4-6,17-19,24-41,50-53H,1-3,7-16,20-23,42-49H2. The molecule has 9 aromatic rings. The number of ether oxygens (including phenoxy) is 8. The van der Waals surface area contributed by atoms with Crippen molar-refractivity contribution in [2.24, 2.45) is 0 Å². The van der Waals surface area contributed by atoms with E-state index in [-0.39, 0.29) is 25.2 Å². The first-order valence-corrected chi connectivity index (χ1v) is 31.2. The SMILES string of the molecule is C=CC(=O)OCCCCCCCCOc1ccc(C(=O)Oc2ccc(CCc3ccc4c5ccc(CCc6ccc(OCCCCCCOC(=O)C=C)cc6)cc5c5nc6ccc(-c7cccc(OCCOCCOC(=O)C=C)c7)cc6nc5c4c3)cc2)cc1. The summed E-state index contributed by atoms with van der Waals surface area (Å²) in [6.07, 6.45) is 16.4. The number of carbonyl (C=O) groups is 4. The Balaban J connectivity index is 0.855. The van der Waals surface area contributed by atoms with Crippen molar-refractivity contribution in [2.45, 2.75) is 89.9 Å². The molecule has 90 heavy (non-hydrogen) atoms. The van der Waals surface area contributed by atoms with Gasteiger partial charge in [-0.25, -0.2) is 29.1 Å². The topological polar surface area (TPSA) is 168 Å². The molecule has 464 valence electrons. The molecular formula is C76H78N2O12. The summed E-state index contributed by atoms with van der Waals surface area (Å²) < 4.78 is 44.4. The van der Waals surface area contributed by atoms with Gasteiger partial charge >= 0.3 is 23.9 Å². The van der Waals surface area contributed by atoms with Crippen molar-refractivity contribution in [3.05, 3.63) is 217 Å². The minimum atomic E-state index is -0.483. The van der Waals surface area contributed by atoms with E-state index in [1.165, 1.54) is 23.3 Å². The molecule has 0 radical (unpaired) electrons. The van der Waals surface area contributed by atoms with Crippen molar-refractivity contribution in [3.8, 4) is 34.1 Å². The summed E-state index contributed by atoms with van der Waals surface area (Å²) in [6.45, 7) is 13.4. The van der Waals surface area contributed by atoms with Gasteiger partial charge in [0, 0.05) is 29.0 Å². The molecule has 0 N–H and O–H groups in total. The summed E-state index contributed by atoms with van der Waals surface area (Å²) in [7, 11) is 0. The molecule has 0 fully saturated rings. The van der Waals surface area contributed by atoms with Gasteiger partial charge in [-0.05, 0) is 193 Å². The van der Waals surface area contributed by atoms with E-state index in [4.69, 9.17) is 47.9 Å². The molecule has 0 bridgehead atoms. The lowest BCUT2D eigenvalue weighted by molar-refractivity contribution is -0.139. The molecule has 9 rings (SSSR count). The lowest BCUT2D eigenvalue weighted by atomic mass is 9.93. The maximum atomic E-state index is 13.2. The Morgan fingerprint density at radius 1 is 0.356 bits per heavy atom. The molecule has 0 atom stereocenters. The number of aryl methyl sites for hydroxylation is 4. The Bertz CT molecular complexity index is 3900. The molecule has 0 spiro atoms. The number of unbranched alkanes of at least 4 members (excludes halogenated alkanes) is 8. The molecule has 8 aromatic carbocycles. The van der Waals surface area contributed by atoms with E-state index in [0.29, 0.717) is 62.5 Å².